The largest absolute Gasteiger partial charge is 0.616 e. The van der Waals surface area contributed by atoms with Crippen LogP contribution in [0.4, 0.5) is 0 Å². The van der Waals surface area contributed by atoms with Crippen LogP contribution in [0, 0.1) is 0 Å². The van der Waals surface area contributed by atoms with Crippen molar-refractivity contribution in [2.75, 3.05) is 13.4 Å². The molecule has 1 unspecified atom stereocenters. The van der Waals surface area contributed by atoms with Gasteiger partial charge in [0.15, 0.2) is 11.5 Å². The lowest BCUT2D eigenvalue weighted by Crippen LogP contribution is -2.04. The summed E-state index contributed by atoms with van der Waals surface area (Å²) in [6, 6.07) is 22.0. The number of carboxylic acids is 1. The predicted octanol–water partition coefficient (Wildman–Crippen LogP) is 5.33. The van der Waals surface area contributed by atoms with Crippen LogP contribution in [0.2, 0.25) is 5.02 Å². The number of benzene rings is 3. The summed E-state index contributed by atoms with van der Waals surface area (Å²) in [6.45, 7) is 0. The Hall–Kier alpha value is -2.67. The number of halogens is 1. The van der Waals surface area contributed by atoms with Gasteiger partial charge in [0.05, 0.1) is 19.8 Å². The summed E-state index contributed by atoms with van der Waals surface area (Å²) < 4.78 is 22.7. The second kappa shape index (κ2) is 12.1. The molecule has 0 bridgehead atoms. The van der Waals surface area contributed by atoms with E-state index in [4.69, 9.17) is 26.2 Å². The van der Waals surface area contributed by atoms with Crippen LogP contribution >= 0.6 is 11.6 Å². The molecule has 7 heteroatoms. The summed E-state index contributed by atoms with van der Waals surface area (Å²) in [5.41, 5.74) is 1.29. The number of carboxylic acid groups (broad SMARTS) is 1. The molecule has 0 saturated heterocycles. The van der Waals surface area contributed by atoms with Crippen molar-refractivity contribution in [1.82, 2.24) is 0 Å². The van der Waals surface area contributed by atoms with Gasteiger partial charge < -0.3 is 19.1 Å². The third-order valence-electron chi connectivity index (χ3n) is 3.85. The molecule has 0 heterocycles. The fourth-order valence-corrected chi connectivity index (χ4v) is 3.43. The van der Waals surface area contributed by atoms with Gasteiger partial charge in [-0.1, -0.05) is 65.2 Å². The molecule has 1 atom stereocenters. The van der Waals surface area contributed by atoms with Crippen molar-refractivity contribution in [3.63, 3.8) is 0 Å². The number of carbonyl (C=O) groups is 1. The van der Waals surface area contributed by atoms with Crippen LogP contribution in [-0.4, -0.2) is 29.0 Å². The van der Waals surface area contributed by atoms with Crippen LogP contribution in [0.1, 0.15) is 11.1 Å². The molecule has 0 aliphatic carbocycles. The minimum atomic E-state index is -1.06. The summed E-state index contributed by atoms with van der Waals surface area (Å²) in [5, 5.41) is 9.45. The highest BCUT2D eigenvalue weighted by molar-refractivity contribution is 7.89. The summed E-state index contributed by atoms with van der Waals surface area (Å²) in [4.78, 5) is 10.9. The molecule has 3 aromatic carbocycles. The molecular formula is C23H23ClO5S. The van der Waals surface area contributed by atoms with Gasteiger partial charge in [-0.15, -0.1) is 0 Å². The zero-order chi connectivity index (χ0) is 21.9. The highest BCUT2D eigenvalue weighted by Gasteiger charge is 2.14. The third-order valence-corrected chi connectivity index (χ3v) is 4.80. The van der Waals surface area contributed by atoms with E-state index in [0.29, 0.717) is 39.2 Å². The van der Waals surface area contributed by atoms with Gasteiger partial charge in [0.25, 0.3) is 0 Å². The van der Waals surface area contributed by atoms with Gasteiger partial charge >= 0.3 is 5.97 Å². The molecule has 0 aromatic heterocycles. The molecule has 0 spiro atoms. The number of hydrogen-bond acceptors (Lipinski definition) is 4. The lowest BCUT2D eigenvalue weighted by atomic mass is 10.1. The first kappa shape index (κ1) is 23.6. The fraction of sp³-hybridized carbons (Fsp3) is 0.174. The highest BCUT2D eigenvalue weighted by atomic mass is 35.5. The molecule has 0 amide bonds. The monoisotopic (exact) mass is 446 g/mol. The standard InChI is InChI=1S/C17H17ClO5S.C6H6/c1-22-15-5-3-11(8-17(19)20)7-16(15)23-14-6-4-13(18)9-12(14)10-24(2)21;1-2-4-6-5-3-1/h3-7,9H,8,10H2,1-2H3,(H,19,20);1-6H. The van der Waals surface area contributed by atoms with E-state index >= 15 is 0 Å². The molecule has 0 radical (unpaired) electrons. The Morgan fingerprint density at radius 3 is 2.13 bits per heavy atom. The van der Waals surface area contributed by atoms with Crippen molar-refractivity contribution < 1.29 is 23.9 Å². The van der Waals surface area contributed by atoms with E-state index in [-0.39, 0.29) is 6.42 Å². The van der Waals surface area contributed by atoms with E-state index in [1.165, 1.54) is 7.11 Å². The lowest BCUT2D eigenvalue weighted by Gasteiger charge is -2.15. The molecule has 30 heavy (non-hydrogen) atoms. The summed E-state index contributed by atoms with van der Waals surface area (Å²) in [5.74, 6) is 0.733. The molecule has 5 nitrogen and oxygen atoms in total. The lowest BCUT2D eigenvalue weighted by molar-refractivity contribution is -0.136. The van der Waals surface area contributed by atoms with Crippen molar-refractivity contribution in [3.05, 3.63) is 88.9 Å². The number of ether oxygens (including phenoxy) is 2. The second-order valence-corrected chi connectivity index (χ2v) is 8.15. The Balaban J connectivity index is 0.000000456. The van der Waals surface area contributed by atoms with Crippen LogP contribution in [0.3, 0.4) is 0 Å². The maximum atomic E-state index is 11.6. The van der Waals surface area contributed by atoms with Gasteiger partial charge in [-0.05, 0) is 35.9 Å². The fourth-order valence-electron chi connectivity index (χ4n) is 2.57. The summed E-state index contributed by atoms with van der Waals surface area (Å²) in [6.07, 6.45) is 1.48. The smallest absolute Gasteiger partial charge is 0.307 e. The number of rotatable bonds is 7. The molecule has 3 rings (SSSR count). The molecule has 0 aliphatic heterocycles. The van der Waals surface area contributed by atoms with Crippen molar-refractivity contribution in [3.8, 4) is 17.2 Å². The molecule has 3 aromatic rings. The van der Waals surface area contributed by atoms with Gasteiger partial charge in [-0.25, -0.2) is 0 Å². The second-order valence-electron chi connectivity index (χ2n) is 6.28. The van der Waals surface area contributed by atoms with E-state index in [0.717, 1.165) is 0 Å². The van der Waals surface area contributed by atoms with Crippen molar-refractivity contribution in [1.29, 1.82) is 0 Å². The first-order valence-electron chi connectivity index (χ1n) is 9.04. The van der Waals surface area contributed by atoms with Gasteiger partial charge in [0.2, 0.25) is 0 Å². The number of aliphatic carboxylic acids is 1. The predicted molar refractivity (Wildman–Crippen MR) is 120 cm³/mol. The van der Waals surface area contributed by atoms with Crippen LogP contribution in [0.5, 0.6) is 17.2 Å². The van der Waals surface area contributed by atoms with Crippen molar-refractivity contribution >= 4 is 28.7 Å². The van der Waals surface area contributed by atoms with Crippen LogP contribution in [0.15, 0.2) is 72.8 Å². The zero-order valence-corrected chi connectivity index (χ0v) is 18.3. The van der Waals surface area contributed by atoms with Gasteiger partial charge in [-0.2, -0.15) is 0 Å². The first-order valence-corrected chi connectivity index (χ1v) is 11.1. The summed E-state index contributed by atoms with van der Waals surface area (Å²) >= 11 is 4.94. The van der Waals surface area contributed by atoms with E-state index < -0.39 is 17.1 Å². The van der Waals surface area contributed by atoms with Crippen LogP contribution in [-0.2, 0) is 28.1 Å². The van der Waals surface area contributed by atoms with Crippen molar-refractivity contribution in [2.24, 2.45) is 0 Å². The molecule has 0 fully saturated rings. The van der Waals surface area contributed by atoms with Gasteiger partial charge in [0, 0.05) is 10.6 Å². The van der Waals surface area contributed by atoms with Gasteiger partial charge in [0.1, 0.15) is 11.5 Å². The van der Waals surface area contributed by atoms with Crippen LogP contribution < -0.4 is 9.47 Å². The SMILES string of the molecule is COc1ccc(CC(=O)O)cc1Oc1ccc(Cl)cc1C[S+](C)[O-].c1ccccc1. The van der Waals surface area contributed by atoms with E-state index in [2.05, 4.69) is 0 Å². The van der Waals surface area contributed by atoms with E-state index in [1.54, 1.807) is 42.7 Å². The normalized spacial score (nSPS) is 11.1. The molecule has 1 N–H and O–H groups in total. The Morgan fingerprint density at radius 2 is 1.60 bits per heavy atom. The minimum Gasteiger partial charge on any atom is -0.616 e. The third kappa shape index (κ3) is 7.99. The first-order chi connectivity index (χ1) is 14.4. The number of hydrogen-bond donors (Lipinski definition) is 1. The Morgan fingerprint density at radius 1 is 1.00 bits per heavy atom. The highest BCUT2D eigenvalue weighted by Crippen LogP contribution is 2.35. The molecule has 0 saturated carbocycles. The molecule has 158 valence electrons. The maximum Gasteiger partial charge on any atom is 0.307 e. The molecule has 0 aliphatic rings. The minimum absolute atomic E-state index is 0.118. The maximum absolute atomic E-state index is 11.6. The zero-order valence-electron chi connectivity index (χ0n) is 16.7. The van der Waals surface area contributed by atoms with E-state index in [9.17, 15) is 9.35 Å². The number of methoxy groups -OCH3 is 1. The van der Waals surface area contributed by atoms with E-state index in [1.807, 2.05) is 36.4 Å². The summed E-state index contributed by atoms with van der Waals surface area (Å²) in [7, 11) is 1.50. The van der Waals surface area contributed by atoms with Crippen LogP contribution in [0.25, 0.3) is 0 Å². The average molecular weight is 447 g/mol. The van der Waals surface area contributed by atoms with Gasteiger partial charge in [-0.3, -0.25) is 4.79 Å². The Kier molecular flexibility index (Phi) is 9.54. The Labute approximate surface area is 184 Å². The average Bonchev–Trinajstić information content (AvgIpc) is 2.71. The van der Waals surface area contributed by atoms with Crippen molar-refractivity contribution in [2.45, 2.75) is 12.2 Å². The Bertz CT molecular complexity index is 921. The molecular weight excluding hydrogens is 424 g/mol. The topological polar surface area (TPSA) is 78.8 Å². The quantitative estimate of drug-likeness (QED) is 0.496.